The van der Waals surface area contributed by atoms with Crippen LogP contribution in [-0.2, 0) is 21.6 Å². The first-order chi connectivity index (χ1) is 17.9. The van der Waals surface area contributed by atoms with Crippen molar-refractivity contribution in [2.45, 2.75) is 32.8 Å². The molecular formula is C29H25BrN2O6. The number of anilines is 1. The maximum Gasteiger partial charge on any atom is 0.335 e. The molecule has 1 heterocycles. The molecule has 1 fully saturated rings. The molecule has 9 heteroatoms. The zero-order valence-electron chi connectivity index (χ0n) is 20.9. The Morgan fingerprint density at radius 3 is 2.24 bits per heavy atom. The average Bonchev–Trinajstić information content (AvgIpc) is 2.86. The van der Waals surface area contributed by atoms with Gasteiger partial charge in [0.05, 0.1) is 15.7 Å². The van der Waals surface area contributed by atoms with Gasteiger partial charge in [0.25, 0.3) is 11.8 Å². The van der Waals surface area contributed by atoms with E-state index in [1.54, 1.807) is 42.5 Å². The monoisotopic (exact) mass is 576 g/mol. The van der Waals surface area contributed by atoms with Crippen LogP contribution in [0.15, 0.2) is 76.8 Å². The molecule has 1 aliphatic rings. The number of ether oxygens (including phenoxy) is 1. The summed E-state index contributed by atoms with van der Waals surface area (Å²) in [5, 5.41) is 11.2. The smallest absolute Gasteiger partial charge is 0.335 e. The van der Waals surface area contributed by atoms with Crippen molar-refractivity contribution in [2.75, 3.05) is 4.90 Å². The van der Waals surface area contributed by atoms with Gasteiger partial charge in [0, 0.05) is 0 Å². The highest BCUT2D eigenvalue weighted by atomic mass is 79.9. The van der Waals surface area contributed by atoms with Crippen LogP contribution >= 0.6 is 15.9 Å². The lowest BCUT2D eigenvalue weighted by atomic mass is 9.87. The number of carboxylic acids is 1. The summed E-state index contributed by atoms with van der Waals surface area (Å²) in [5.41, 5.74) is 2.66. The molecule has 4 amide bonds. The number of benzene rings is 3. The first kappa shape index (κ1) is 26.8. The van der Waals surface area contributed by atoms with E-state index in [2.05, 4.69) is 42.0 Å². The molecule has 3 aromatic carbocycles. The number of rotatable bonds is 6. The van der Waals surface area contributed by atoms with E-state index in [0.29, 0.717) is 21.5 Å². The predicted molar refractivity (Wildman–Crippen MR) is 146 cm³/mol. The number of carboxylic acid groups (broad SMARTS) is 1. The summed E-state index contributed by atoms with van der Waals surface area (Å²) in [7, 11) is 0. The summed E-state index contributed by atoms with van der Waals surface area (Å²) < 4.78 is 6.41. The number of aromatic carboxylic acids is 1. The average molecular weight is 577 g/mol. The number of hydrogen-bond acceptors (Lipinski definition) is 5. The highest BCUT2D eigenvalue weighted by molar-refractivity contribution is 9.10. The normalized spacial score (nSPS) is 15.0. The number of barbiturate groups is 1. The second kappa shape index (κ2) is 10.6. The Bertz CT molecular complexity index is 1450. The number of nitrogens with one attached hydrogen (secondary N) is 1. The van der Waals surface area contributed by atoms with Gasteiger partial charge in [-0.2, -0.15) is 0 Å². The van der Waals surface area contributed by atoms with Gasteiger partial charge >= 0.3 is 12.0 Å². The van der Waals surface area contributed by atoms with Gasteiger partial charge in [0.15, 0.2) is 0 Å². The lowest BCUT2D eigenvalue weighted by molar-refractivity contribution is -0.122. The van der Waals surface area contributed by atoms with Gasteiger partial charge in [-0.05, 0) is 80.5 Å². The second-order valence-corrected chi connectivity index (χ2v) is 10.6. The van der Waals surface area contributed by atoms with Gasteiger partial charge in [-0.25, -0.2) is 14.5 Å². The molecule has 0 bridgehead atoms. The van der Waals surface area contributed by atoms with E-state index in [0.717, 1.165) is 16.0 Å². The molecule has 0 unspecified atom stereocenters. The van der Waals surface area contributed by atoms with Crippen LogP contribution in [0.25, 0.3) is 6.08 Å². The maximum atomic E-state index is 13.2. The van der Waals surface area contributed by atoms with E-state index >= 15 is 0 Å². The third kappa shape index (κ3) is 5.84. The Morgan fingerprint density at radius 1 is 1.00 bits per heavy atom. The van der Waals surface area contributed by atoms with Gasteiger partial charge in [-0.15, -0.1) is 0 Å². The van der Waals surface area contributed by atoms with Crippen LogP contribution in [0, 0.1) is 0 Å². The summed E-state index contributed by atoms with van der Waals surface area (Å²) in [4.78, 5) is 50.2. The van der Waals surface area contributed by atoms with Gasteiger partial charge in [0.1, 0.15) is 17.9 Å². The molecule has 4 rings (SSSR count). The number of halogens is 1. The molecule has 0 atom stereocenters. The molecule has 0 radical (unpaired) electrons. The van der Waals surface area contributed by atoms with Gasteiger partial charge in [0.2, 0.25) is 0 Å². The minimum atomic E-state index is -0.999. The quantitative estimate of drug-likeness (QED) is 0.288. The fourth-order valence-corrected chi connectivity index (χ4v) is 4.31. The van der Waals surface area contributed by atoms with E-state index < -0.39 is 23.8 Å². The number of hydrogen-bond donors (Lipinski definition) is 2. The van der Waals surface area contributed by atoms with Crippen molar-refractivity contribution in [1.82, 2.24) is 5.32 Å². The molecule has 0 aromatic heterocycles. The summed E-state index contributed by atoms with van der Waals surface area (Å²) in [6.45, 7) is 6.40. The van der Waals surface area contributed by atoms with Crippen molar-refractivity contribution >= 4 is 51.5 Å². The number of carbonyl (C=O) groups excluding carboxylic acids is 3. The molecule has 3 aromatic rings. The van der Waals surface area contributed by atoms with E-state index in [1.165, 1.54) is 18.2 Å². The molecule has 2 N–H and O–H groups in total. The third-order valence-electron chi connectivity index (χ3n) is 5.96. The van der Waals surface area contributed by atoms with E-state index in [1.807, 2.05) is 12.1 Å². The Hall–Kier alpha value is -4.24. The summed E-state index contributed by atoms with van der Waals surface area (Å²) in [6.07, 6.45) is 1.42. The minimum Gasteiger partial charge on any atom is -0.488 e. The van der Waals surface area contributed by atoms with Crippen LogP contribution in [0.4, 0.5) is 10.5 Å². The van der Waals surface area contributed by atoms with E-state index in [4.69, 9.17) is 9.84 Å². The summed E-state index contributed by atoms with van der Waals surface area (Å²) >= 11 is 3.45. The standard InChI is InChI=1S/C29H25BrN2O6/c1-29(2,3)20-9-11-21(12-10-20)32-26(34)22(25(33)31-28(32)37)14-18-6-13-24(23(30)15-18)38-16-17-4-7-19(8-5-17)27(35)36/h4-15H,16H2,1-3H3,(H,35,36)(H,31,33,37)/b22-14-. The second-order valence-electron chi connectivity index (χ2n) is 9.74. The molecule has 0 aliphatic carbocycles. The van der Waals surface area contributed by atoms with Gasteiger partial charge in [-0.1, -0.05) is 51.1 Å². The summed E-state index contributed by atoms with van der Waals surface area (Å²) in [5.74, 6) is -1.97. The highest BCUT2D eigenvalue weighted by Gasteiger charge is 2.37. The third-order valence-corrected chi connectivity index (χ3v) is 6.58. The highest BCUT2D eigenvalue weighted by Crippen LogP contribution is 2.30. The molecule has 1 saturated heterocycles. The van der Waals surface area contributed by atoms with Crippen molar-refractivity contribution in [3.63, 3.8) is 0 Å². The van der Waals surface area contributed by atoms with Crippen molar-refractivity contribution in [3.05, 3.63) is 99.0 Å². The summed E-state index contributed by atoms with van der Waals surface area (Å²) in [6, 6.07) is 17.7. The first-order valence-electron chi connectivity index (χ1n) is 11.7. The molecule has 0 spiro atoms. The van der Waals surface area contributed by atoms with Crippen molar-refractivity contribution < 1.29 is 29.0 Å². The molecule has 194 valence electrons. The molecule has 0 saturated carbocycles. The van der Waals surface area contributed by atoms with Crippen LogP contribution < -0.4 is 15.0 Å². The van der Waals surface area contributed by atoms with Crippen molar-refractivity contribution in [3.8, 4) is 5.75 Å². The number of amides is 4. The number of imide groups is 2. The topological polar surface area (TPSA) is 113 Å². The molecule has 38 heavy (non-hydrogen) atoms. The van der Waals surface area contributed by atoms with Crippen LogP contribution in [0.1, 0.15) is 47.8 Å². The first-order valence-corrected chi connectivity index (χ1v) is 12.5. The maximum absolute atomic E-state index is 13.2. The zero-order chi connectivity index (χ0) is 27.6. The van der Waals surface area contributed by atoms with Gasteiger partial charge in [-0.3, -0.25) is 14.9 Å². The largest absolute Gasteiger partial charge is 0.488 e. The number of carbonyl (C=O) groups is 4. The minimum absolute atomic E-state index is 0.0953. The van der Waals surface area contributed by atoms with Crippen LogP contribution in [-0.4, -0.2) is 28.9 Å². The van der Waals surface area contributed by atoms with E-state index in [9.17, 15) is 19.2 Å². The Morgan fingerprint density at radius 2 is 1.66 bits per heavy atom. The van der Waals surface area contributed by atoms with Gasteiger partial charge < -0.3 is 9.84 Å². The van der Waals surface area contributed by atoms with Crippen molar-refractivity contribution in [1.29, 1.82) is 0 Å². The Labute approximate surface area is 228 Å². The lowest BCUT2D eigenvalue weighted by Gasteiger charge is -2.27. The molecular weight excluding hydrogens is 552 g/mol. The van der Waals surface area contributed by atoms with E-state index in [-0.39, 0.29) is 23.2 Å². The zero-order valence-corrected chi connectivity index (χ0v) is 22.5. The fourth-order valence-electron chi connectivity index (χ4n) is 3.80. The van der Waals surface area contributed by atoms with Crippen LogP contribution in [0.2, 0.25) is 0 Å². The number of nitrogens with zero attached hydrogens (tertiary/aromatic N) is 1. The van der Waals surface area contributed by atoms with Crippen LogP contribution in [0.3, 0.4) is 0 Å². The molecule has 8 nitrogen and oxygen atoms in total. The lowest BCUT2D eigenvalue weighted by Crippen LogP contribution is -2.54. The Kier molecular flexibility index (Phi) is 7.50. The predicted octanol–water partition coefficient (Wildman–Crippen LogP) is 5.69. The van der Waals surface area contributed by atoms with Crippen molar-refractivity contribution in [2.24, 2.45) is 0 Å². The number of urea groups is 1. The van der Waals surface area contributed by atoms with Crippen LogP contribution in [0.5, 0.6) is 5.75 Å². The SMILES string of the molecule is CC(C)(C)c1ccc(N2C(=O)NC(=O)/C(=C/c3ccc(OCc4ccc(C(=O)O)cc4)c(Br)c3)C2=O)cc1. The Balaban J connectivity index is 1.52. The fraction of sp³-hybridized carbons (Fsp3) is 0.172. The molecule has 1 aliphatic heterocycles.